The molecule has 2 rings (SSSR count). The first-order chi connectivity index (χ1) is 8.18. The zero-order valence-electron chi connectivity index (χ0n) is 10.6. The van der Waals surface area contributed by atoms with Gasteiger partial charge in [0.15, 0.2) is 0 Å². The molecule has 0 saturated heterocycles. The molecule has 0 atom stereocenters. The summed E-state index contributed by atoms with van der Waals surface area (Å²) in [5.41, 5.74) is 0.740. The van der Waals surface area contributed by atoms with Crippen LogP contribution < -0.4 is 0 Å². The van der Waals surface area contributed by atoms with Crippen LogP contribution in [0.4, 0.5) is 0 Å². The van der Waals surface area contributed by atoms with Crippen molar-refractivity contribution in [3.8, 4) is 0 Å². The van der Waals surface area contributed by atoms with E-state index in [0.717, 1.165) is 38.8 Å². The van der Waals surface area contributed by atoms with E-state index in [1.54, 1.807) is 6.20 Å². The lowest BCUT2D eigenvalue weighted by molar-refractivity contribution is -0.0223. The third-order valence-corrected chi connectivity index (χ3v) is 3.52. The predicted octanol–water partition coefficient (Wildman–Crippen LogP) is 2.21. The van der Waals surface area contributed by atoms with E-state index >= 15 is 0 Å². The number of likely N-dealkylation sites (N-methyl/N-ethyl adjacent to an activating group) is 1. The fourth-order valence-corrected chi connectivity index (χ4v) is 2.73. The maximum absolute atomic E-state index is 10.5. The molecule has 1 N–H and O–H groups in total. The van der Waals surface area contributed by atoms with Gasteiger partial charge in [-0.05, 0) is 31.5 Å². The van der Waals surface area contributed by atoms with E-state index in [-0.39, 0.29) is 0 Å². The Hall–Kier alpha value is -0.930. The SMILES string of the molecule is CN(Cc1cccnc1)CC1(O)CCCCC1. The van der Waals surface area contributed by atoms with E-state index in [9.17, 15) is 5.11 Å². The number of hydrogen-bond acceptors (Lipinski definition) is 3. The first kappa shape index (κ1) is 12.5. The molecule has 1 fully saturated rings. The summed E-state index contributed by atoms with van der Waals surface area (Å²) in [7, 11) is 2.07. The van der Waals surface area contributed by atoms with Crippen LogP contribution in [0.5, 0.6) is 0 Å². The number of aromatic nitrogens is 1. The van der Waals surface area contributed by atoms with Gasteiger partial charge in [0.2, 0.25) is 0 Å². The molecule has 1 aliphatic carbocycles. The quantitative estimate of drug-likeness (QED) is 0.867. The highest BCUT2D eigenvalue weighted by Gasteiger charge is 2.30. The van der Waals surface area contributed by atoms with Gasteiger partial charge in [-0.25, -0.2) is 0 Å². The molecule has 17 heavy (non-hydrogen) atoms. The number of hydrogen-bond donors (Lipinski definition) is 1. The van der Waals surface area contributed by atoms with Crippen LogP contribution in [-0.4, -0.2) is 34.2 Å². The highest BCUT2D eigenvalue weighted by molar-refractivity contribution is 5.08. The van der Waals surface area contributed by atoms with Crippen LogP contribution in [0.1, 0.15) is 37.7 Å². The molecular formula is C14H22N2O. The molecule has 1 aromatic rings. The van der Waals surface area contributed by atoms with Crippen molar-refractivity contribution in [1.82, 2.24) is 9.88 Å². The van der Waals surface area contributed by atoms with Crippen molar-refractivity contribution in [3.05, 3.63) is 30.1 Å². The topological polar surface area (TPSA) is 36.4 Å². The molecule has 1 aliphatic rings. The smallest absolute Gasteiger partial charge is 0.0774 e. The first-order valence-corrected chi connectivity index (χ1v) is 6.48. The van der Waals surface area contributed by atoms with Crippen LogP contribution >= 0.6 is 0 Å². The summed E-state index contributed by atoms with van der Waals surface area (Å²) < 4.78 is 0. The third-order valence-electron chi connectivity index (χ3n) is 3.52. The van der Waals surface area contributed by atoms with E-state index in [4.69, 9.17) is 0 Å². The Balaban J connectivity index is 1.86. The number of pyridine rings is 1. The van der Waals surface area contributed by atoms with Crippen molar-refractivity contribution in [3.63, 3.8) is 0 Å². The van der Waals surface area contributed by atoms with Crippen molar-refractivity contribution in [2.24, 2.45) is 0 Å². The molecule has 1 saturated carbocycles. The Labute approximate surface area is 103 Å². The van der Waals surface area contributed by atoms with E-state index < -0.39 is 5.60 Å². The minimum absolute atomic E-state index is 0.463. The highest BCUT2D eigenvalue weighted by atomic mass is 16.3. The van der Waals surface area contributed by atoms with Gasteiger partial charge < -0.3 is 5.11 Å². The lowest BCUT2D eigenvalue weighted by Gasteiger charge is -2.35. The molecule has 0 spiro atoms. The maximum Gasteiger partial charge on any atom is 0.0774 e. The summed E-state index contributed by atoms with van der Waals surface area (Å²) in [6.45, 7) is 1.62. The molecule has 0 radical (unpaired) electrons. The summed E-state index contributed by atoms with van der Waals surface area (Å²) in [5.74, 6) is 0. The van der Waals surface area contributed by atoms with Gasteiger partial charge in [-0.1, -0.05) is 25.3 Å². The summed E-state index contributed by atoms with van der Waals surface area (Å²) in [6, 6.07) is 4.03. The van der Waals surface area contributed by atoms with E-state index in [2.05, 4.69) is 23.0 Å². The van der Waals surface area contributed by atoms with Crippen molar-refractivity contribution in [1.29, 1.82) is 0 Å². The van der Waals surface area contributed by atoms with Gasteiger partial charge >= 0.3 is 0 Å². The number of rotatable bonds is 4. The lowest BCUT2D eigenvalue weighted by Crippen LogP contribution is -2.42. The fourth-order valence-electron chi connectivity index (χ4n) is 2.73. The van der Waals surface area contributed by atoms with Gasteiger partial charge in [-0.15, -0.1) is 0 Å². The van der Waals surface area contributed by atoms with Crippen molar-refractivity contribution >= 4 is 0 Å². The van der Waals surface area contributed by atoms with E-state index in [0.29, 0.717) is 0 Å². The van der Waals surface area contributed by atoms with Gasteiger partial charge in [0, 0.05) is 25.5 Å². The van der Waals surface area contributed by atoms with Crippen LogP contribution in [0.25, 0.3) is 0 Å². The molecular weight excluding hydrogens is 212 g/mol. The molecule has 94 valence electrons. The maximum atomic E-state index is 10.5. The highest BCUT2D eigenvalue weighted by Crippen LogP contribution is 2.28. The molecule has 1 heterocycles. The zero-order valence-corrected chi connectivity index (χ0v) is 10.6. The summed E-state index contributed by atoms with van der Waals surface area (Å²) in [5, 5.41) is 10.5. The van der Waals surface area contributed by atoms with Crippen LogP contribution in [-0.2, 0) is 6.54 Å². The van der Waals surface area contributed by atoms with Gasteiger partial charge in [0.05, 0.1) is 5.60 Å². The Bertz CT molecular complexity index is 333. The second-order valence-corrected chi connectivity index (χ2v) is 5.32. The second-order valence-electron chi connectivity index (χ2n) is 5.32. The normalized spacial score (nSPS) is 19.5. The zero-order chi connectivity index (χ0) is 12.1. The summed E-state index contributed by atoms with van der Waals surface area (Å²) in [4.78, 5) is 6.31. The molecule has 0 bridgehead atoms. The minimum Gasteiger partial charge on any atom is -0.389 e. The fraction of sp³-hybridized carbons (Fsp3) is 0.643. The largest absolute Gasteiger partial charge is 0.389 e. The number of nitrogens with zero attached hydrogens (tertiary/aromatic N) is 2. The first-order valence-electron chi connectivity index (χ1n) is 6.48. The number of aliphatic hydroxyl groups is 1. The molecule has 0 unspecified atom stereocenters. The predicted molar refractivity (Wildman–Crippen MR) is 68.6 cm³/mol. The minimum atomic E-state index is -0.463. The third kappa shape index (κ3) is 3.79. The Morgan fingerprint density at radius 3 is 2.76 bits per heavy atom. The second kappa shape index (κ2) is 5.61. The molecule has 3 heteroatoms. The van der Waals surface area contributed by atoms with Crippen molar-refractivity contribution < 1.29 is 5.11 Å². The lowest BCUT2D eigenvalue weighted by atomic mass is 9.84. The van der Waals surface area contributed by atoms with Gasteiger partial charge in [-0.3, -0.25) is 9.88 Å². The van der Waals surface area contributed by atoms with Crippen LogP contribution in [0.2, 0.25) is 0 Å². The van der Waals surface area contributed by atoms with Gasteiger partial charge in [-0.2, -0.15) is 0 Å². The van der Waals surface area contributed by atoms with Gasteiger partial charge in [0.25, 0.3) is 0 Å². The van der Waals surface area contributed by atoms with Crippen molar-refractivity contribution in [2.75, 3.05) is 13.6 Å². The Kier molecular flexibility index (Phi) is 4.13. The molecule has 0 aliphatic heterocycles. The van der Waals surface area contributed by atoms with E-state index in [1.165, 1.54) is 12.0 Å². The average molecular weight is 234 g/mol. The Morgan fingerprint density at radius 1 is 1.35 bits per heavy atom. The van der Waals surface area contributed by atoms with Crippen molar-refractivity contribution in [2.45, 2.75) is 44.2 Å². The molecule has 1 aromatic heterocycles. The molecule has 0 aromatic carbocycles. The van der Waals surface area contributed by atoms with Crippen LogP contribution in [0.3, 0.4) is 0 Å². The average Bonchev–Trinajstić information content (AvgIpc) is 2.30. The summed E-state index contributed by atoms with van der Waals surface area (Å²) in [6.07, 6.45) is 9.18. The van der Waals surface area contributed by atoms with Crippen LogP contribution in [0.15, 0.2) is 24.5 Å². The standard InChI is InChI=1S/C14H22N2O/c1-16(11-13-6-5-9-15-10-13)12-14(17)7-3-2-4-8-14/h5-6,9-10,17H,2-4,7-8,11-12H2,1H3. The molecule has 3 nitrogen and oxygen atoms in total. The van der Waals surface area contributed by atoms with Crippen LogP contribution in [0, 0.1) is 0 Å². The monoisotopic (exact) mass is 234 g/mol. The molecule has 0 amide bonds. The Morgan fingerprint density at radius 2 is 2.12 bits per heavy atom. The van der Waals surface area contributed by atoms with Gasteiger partial charge in [0.1, 0.15) is 0 Å². The van der Waals surface area contributed by atoms with E-state index in [1.807, 2.05) is 12.3 Å². The summed E-state index contributed by atoms with van der Waals surface area (Å²) >= 11 is 0.